The minimum Gasteiger partial charge on any atom is -0.252 e. The summed E-state index contributed by atoms with van der Waals surface area (Å²) in [5, 5.41) is 0. The first-order valence-corrected chi connectivity index (χ1v) is 5.09. The molecule has 4 nitrogen and oxygen atoms in total. The largest absolute Gasteiger partial charge is 0.399 e. The maximum absolute atomic E-state index is 10.8. The van der Waals surface area contributed by atoms with Crippen molar-refractivity contribution in [2.45, 2.75) is 18.9 Å². The molecule has 0 fully saturated rings. The van der Waals surface area contributed by atoms with Crippen molar-refractivity contribution in [2.24, 2.45) is 0 Å². The van der Waals surface area contributed by atoms with Crippen molar-refractivity contribution in [2.75, 3.05) is 7.11 Å². The highest BCUT2D eigenvalue weighted by molar-refractivity contribution is 7.81. The SMILES string of the molecule is C=CCC(CC=C)OS(=O)(=O)OC. The van der Waals surface area contributed by atoms with Crippen LogP contribution in [0.2, 0.25) is 0 Å². The first-order chi connectivity index (χ1) is 6.05. The van der Waals surface area contributed by atoms with E-state index >= 15 is 0 Å². The molecule has 0 atom stereocenters. The van der Waals surface area contributed by atoms with Crippen molar-refractivity contribution in [1.29, 1.82) is 0 Å². The second kappa shape index (κ2) is 5.90. The lowest BCUT2D eigenvalue weighted by molar-refractivity contribution is 0.174. The Balaban J connectivity index is 4.23. The lowest BCUT2D eigenvalue weighted by atomic mass is 10.2. The lowest BCUT2D eigenvalue weighted by Gasteiger charge is -2.12. The monoisotopic (exact) mass is 206 g/mol. The Morgan fingerprint density at radius 3 is 2.08 bits per heavy atom. The fraction of sp³-hybridized carbons (Fsp3) is 0.500. The zero-order valence-electron chi connectivity index (χ0n) is 7.60. The zero-order valence-corrected chi connectivity index (χ0v) is 8.42. The van der Waals surface area contributed by atoms with Gasteiger partial charge in [0, 0.05) is 0 Å². The molecule has 0 bridgehead atoms. The van der Waals surface area contributed by atoms with Crippen LogP contribution in [-0.2, 0) is 18.8 Å². The Morgan fingerprint density at radius 2 is 1.77 bits per heavy atom. The molecule has 0 saturated heterocycles. The average molecular weight is 206 g/mol. The average Bonchev–Trinajstić information content (AvgIpc) is 2.05. The number of hydrogen-bond acceptors (Lipinski definition) is 4. The van der Waals surface area contributed by atoms with Gasteiger partial charge in [0.1, 0.15) is 0 Å². The molecule has 0 aromatic heterocycles. The highest BCUT2D eigenvalue weighted by Crippen LogP contribution is 2.09. The van der Waals surface area contributed by atoms with E-state index in [2.05, 4.69) is 21.5 Å². The van der Waals surface area contributed by atoms with E-state index in [1.165, 1.54) is 0 Å². The third kappa shape index (κ3) is 5.57. The second-order valence-electron chi connectivity index (χ2n) is 2.34. The molecule has 5 heteroatoms. The molecule has 0 saturated carbocycles. The third-order valence-electron chi connectivity index (χ3n) is 1.32. The van der Waals surface area contributed by atoms with E-state index in [9.17, 15) is 8.42 Å². The van der Waals surface area contributed by atoms with Crippen LogP contribution in [0, 0.1) is 0 Å². The van der Waals surface area contributed by atoms with Crippen LogP contribution < -0.4 is 0 Å². The summed E-state index contributed by atoms with van der Waals surface area (Å²) in [4.78, 5) is 0. The van der Waals surface area contributed by atoms with E-state index in [1.807, 2.05) is 0 Å². The second-order valence-corrected chi connectivity index (χ2v) is 3.68. The van der Waals surface area contributed by atoms with Gasteiger partial charge in [0.15, 0.2) is 0 Å². The molecule has 0 aliphatic heterocycles. The molecule has 76 valence electrons. The van der Waals surface area contributed by atoms with Crippen LogP contribution in [0.3, 0.4) is 0 Å². The Morgan fingerprint density at radius 1 is 1.31 bits per heavy atom. The third-order valence-corrected chi connectivity index (χ3v) is 2.23. The standard InChI is InChI=1S/C8H14O4S/c1-4-6-8(7-5-2)12-13(9,10)11-3/h4-5,8H,1-2,6-7H2,3H3. The van der Waals surface area contributed by atoms with Gasteiger partial charge < -0.3 is 0 Å². The number of rotatable bonds is 7. The molecular formula is C8H14O4S. The van der Waals surface area contributed by atoms with Gasteiger partial charge >= 0.3 is 10.4 Å². The maximum atomic E-state index is 10.8. The van der Waals surface area contributed by atoms with Gasteiger partial charge in [-0.3, -0.25) is 4.18 Å². The van der Waals surface area contributed by atoms with E-state index < -0.39 is 16.5 Å². The Labute approximate surface area is 79.2 Å². The van der Waals surface area contributed by atoms with Gasteiger partial charge in [-0.25, -0.2) is 4.18 Å². The predicted octanol–water partition coefficient (Wildman–Crippen LogP) is 1.42. The van der Waals surface area contributed by atoms with Crippen LogP contribution in [0.15, 0.2) is 25.3 Å². The molecule has 0 radical (unpaired) electrons. The van der Waals surface area contributed by atoms with Crippen LogP contribution in [0.1, 0.15) is 12.8 Å². The van der Waals surface area contributed by atoms with Crippen molar-refractivity contribution < 1.29 is 16.8 Å². The summed E-state index contributed by atoms with van der Waals surface area (Å²) >= 11 is 0. The van der Waals surface area contributed by atoms with Gasteiger partial charge in [0.25, 0.3) is 0 Å². The van der Waals surface area contributed by atoms with Gasteiger partial charge in [-0.1, -0.05) is 12.2 Å². The van der Waals surface area contributed by atoms with Crippen molar-refractivity contribution in [1.82, 2.24) is 0 Å². The predicted molar refractivity (Wildman–Crippen MR) is 50.4 cm³/mol. The minimum absolute atomic E-state index is 0.439. The summed E-state index contributed by atoms with van der Waals surface area (Å²) in [5.74, 6) is 0. The molecule has 0 aromatic rings. The molecule has 0 heterocycles. The molecule has 0 spiro atoms. The molecule has 0 unspecified atom stereocenters. The van der Waals surface area contributed by atoms with E-state index in [4.69, 9.17) is 0 Å². The lowest BCUT2D eigenvalue weighted by Crippen LogP contribution is -2.18. The van der Waals surface area contributed by atoms with Crippen LogP contribution in [0.4, 0.5) is 0 Å². The summed E-state index contributed by atoms with van der Waals surface area (Å²) in [7, 11) is -2.81. The molecule has 0 amide bonds. The van der Waals surface area contributed by atoms with Crippen LogP contribution in [0.5, 0.6) is 0 Å². The Hall–Kier alpha value is -0.650. The van der Waals surface area contributed by atoms with Crippen molar-refractivity contribution in [3.63, 3.8) is 0 Å². The Kier molecular flexibility index (Phi) is 5.61. The van der Waals surface area contributed by atoms with E-state index in [0.29, 0.717) is 12.8 Å². The fourth-order valence-corrected chi connectivity index (χ4v) is 1.32. The number of hydrogen-bond donors (Lipinski definition) is 0. The summed E-state index contributed by atoms with van der Waals surface area (Å²) in [6.45, 7) is 6.98. The van der Waals surface area contributed by atoms with Crippen molar-refractivity contribution in [3.8, 4) is 0 Å². The van der Waals surface area contributed by atoms with Gasteiger partial charge in [0.2, 0.25) is 0 Å². The van der Waals surface area contributed by atoms with Crippen LogP contribution in [-0.4, -0.2) is 21.6 Å². The van der Waals surface area contributed by atoms with E-state index in [-0.39, 0.29) is 0 Å². The van der Waals surface area contributed by atoms with Gasteiger partial charge in [0.05, 0.1) is 13.2 Å². The van der Waals surface area contributed by atoms with E-state index in [1.54, 1.807) is 12.2 Å². The molecule has 0 N–H and O–H groups in total. The summed E-state index contributed by atoms with van der Waals surface area (Å²) in [6.07, 6.45) is 3.57. The first kappa shape index (κ1) is 12.3. The highest BCUT2D eigenvalue weighted by Gasteiger charge is 2.16. The van der Waals surface area contributed by atoms with Gasteiger partial charge in [-0.15, -0.1) is 13.2 Å². The minimum atomic E-state index is -3.86. The quantitative estimate of drug-likeness (QED) is 0.591. The Bertz CT molecular complexity index is 245. The normalized spacial score (nSPS) is 11.5. The zero-order chi connectivity index (χ0) is 10.3. The smallest absolute Gasteiger partial charge is 0.252 e. The van der Waals surface area contributed by atoms with Crippen molar-refractivity contribution >= 4 is 10.4 Å². The summed E-state index contributed by atoms with van der Waals surface area (Å²) in [6, 6.07) is 0. The summed E-state index contributed by atoms with van der Waals surface area (Å²) < 4.78 is 30.5. The fourth-order valence-electron chi connectivity index (χ4n) is 0.753. The first-order valence-electron chi connectivity index (χ1n) is 3.76. The summed E-state index contributed by atoms with van der Waals surface area (Å²) in [5.41, 5.74) is 0. The molecule has 13 heavy (non-hydrogen) atoms. The molecular weight excluding hydrogens is 192 g/mol. The van der Waals surface area contributed by atoms with Crippen molar-refractivity contribution in [3.05, 3.63) is 25.3 Å². The molecule has 0 aromatic carbocycles. The molecule has 0 aliphatic carbocycles. The molecule has 0 aliphatic rings. The maximum Gasteiger partial charge on any atom is 0.399 e. The molecule has 0 rings (SSSR count). The highest BCUT2D eigenvalue weighted by atomic mass is 32.3. The topological polar surface area (TPSA) is 52.6 Å². The van der Waals surface area contributed by atoms with Crippen LogP contribution in [0.25, 0.3) is 0 Å². The van der Waals surface area contributed by atoms with Crippen LogP contribution >= 0.6 is 0 Å². The van der Waals surface area contributed by atoms with Gasteiger partial charge in [-0.2, -0.15) is 8.42 Å². The van der Waals surface area contributed by atoms with E-state index in [0.717, 1.165) is 7.11 Å². The van der Waals surface area contributed by atoms with Gasteiger partial charge in [-0.05, 0) is 12.8 Å².